The van der Waals surface area contributed by atoms with E-state index in [1.165, 1.54) is 13.3 Å². The topological polar surface area (TPSA) is 109 Å². The molecule has 8 heteroatoms. The number of nitrogens with one attached hydrogen (secondary N) is 3. The summed E-state index contributed by atoms with van der Waals surface area (Å²) in [7, 11) is 1.35. The lowest BCUT2D eigenvalue weighted by Gasteiger charge is -2.12. The van der Waals surface area contributed by atoms with Gasteiger partial charge in [-0.3, -0.25) is 14.4 Å². The van der Waals surface area contributed by atoms with E-state index >= 15 is 0 Å². The number of hydrogen-bond donors (Lipinski definition) is 3. The maximum absolute atomic E-state index is 12.1. The Morgan fingerprint density at radius 3 is 2.25 bits per heavy atom. The van der Waals surface area contributed by atoms with Crippen LogP contribution in [-0.2, 0) is 14.4 Å². The molecule has 8 nitrogen and oxygen atoms in total. The predicted octanol–water partition coefficient (Wildman–Crippen LogP) is 1.52. The first kappa shape index (κ1) is 20.6. The molecule has 146 valence electrons. The second-order valence-corrected chi connectivity index (χ2v) is 5.95. The number of para-hydroxylation sites is 1. The van der Waals surface area contributed by atoms with Crippen molar-refractivity contribution in [1.29, 1.82) is 0 Å². The average molecular weight is 382 g/mol. The number of hydrogen-bond acceptors (Lipinski definition) is 5. The van der Waals surface area contributed by atoms with E-state index in [2.05, 4.69) is 21.2 Å². The molecule has 0 heterocycles. The minimum absolute atomic E-state index is 0.122. The molecule has 2 rings (SSSR count). The molecule has 0 radical (unpaired) electrons. The number of aryl methyl sites for hydroxylation is 2. The Balaban J connectivity index is 1.84. The van der Waals surface area contributed by atoms with Crippen LogP contribution in [0, 0.1) is 13.8 Å². The van der Waals surface area contributed by atoms with Gasteiger partial charge in [-0.15, -0.1) is 0 Å². The van der Waals surface area contributed by atoms with Gasteiger partial charge in [-0.25, -0.2) is 5.43 Å². The number of carbonyl (C=O) groups excluding carboxylic acids is 3. The van der Waals surface area contributed by atoms with Gasteiger partial charge in [0.25, 0.3) is 5.91 Å². The van der Waals surface area contributed by atoms with E-state index < -0.39 is 11.8 Å². The summed E-state index contributed by atoms with van der Waals surface area (Å²) in [5, 5.41) is 8.73. The van der Waals surface area contributed by atoms with Crippen LogP contribution in [0.15, 0.2) is 47.6 Å². The van der Waals surface area contributed by atoms with Crippen molar-refractivity contribution < 1.29 is 19.1 Å². The molecule has 0 bridgehead atoms. The van der Waals surface area contributed by atoms with E-state index in [1.54, 1.807) is 24.3 Å². The molecule has 2 aromatic rings. The van der Waals surface area contributed by atoms with Gasteiger partial charge in [0.05, 0.1) is 6.21 Å². The van der Waals surface area contributed by atoms with Crippen LogP contribution in [0.5, 0.6) is 5.75 Å². The van der Waals surface area contributed by atoms with E-state index in [0.717, 1.165) is 16.8 Å². The largest absolute Gasteiger partial charge is 0.484 e. The van der Waals surface area contributed by atoms with Gasteiger partial charge in [-0.05, 0) is 54.8 Å². The van der Waals surface area contributed by atoms with Crippen molar-refractivity contribution in [3.63, 3.8) is 0 Å². The molecule has 3 N–H and O–H groups in total. The fraction of sp³-hybridized carbons (Fsp3) is 0.200. The van der Waals surface area contributed by atoms with Crippen LogP contribution in [0.4, 0.5) is 5.69 Å². The number of likely N-dealkylation sites (N-methyl/N-ethyl adjacent to an activating group) is 1. The first-order chi connectivity index (χ1) is 13.4. The van der Waals surface area contributed by atoms with Crippen molar-refractivity contribution >= 4 is 29.6 Å². The number of amides is 3. The average Bonchev–Trinajstić information content (AvgIpc) is 2.69. The van der Waals surface area contributed by atoms with E-state index in [4.69, 9.17) is 4.74 Å². The number of anilines is 1. The van der Waals surface area contributed by atoms with Crippen LogP contribution in [0.3, 0.4) is 0 Å². The predicted molar refractivity (Wildman–Crippen MR) is 106 cm³/mol. The number of hydrazone groups is 1. The Labute approximate surface area is 163 Å². The van der Waals surface area contributed by atoms with Crippen molar-refractivity contribution in [3.05, 3.63) is 59.2 Å². The van der Waals surface area contributed by atoms with Crippen LogP contribution >= 0.6 is 0 Å². The van der Waals surface area contributed by atoms with Crippen molar-refractivity contribution in [2.24, 2.45) is 5.10 Å². The zero-order valence-corrected chi connectivity index (χ0v) is 15.9. The Morgan fingerprint density at radius 2 is 1.64 bits per heavy atom. The van der Waals surface area contributed by atoms with E-state index in [1.807, 2.05) is 32.0 Å². The van der Waals surface area contributed by atoms with E-state index in [-0.39, 0.29) is 12.5 Å². The first-order valence-electron chi connectivity index (χ1n) is 8.54. The molecule has 3 amide bonds. The third-order valence-corrected chi connectivity index (χ3v) is 3.81. The third-order valence-electron chi connectivity index (χ3n) is 3.81. The molecular weight excluding hydrogens is 360 g/mol. The highest BCUT2D eigenvalue weighted by Gasteiger charge is 2.09. The summed E-state index contributed by atoms with van der Waals surface area (Å²) >= 11 is 0. The van der Waals surface area contributed by atoms with Crippen molar-refractivity contribution in [1.82, 2.24) is 10.7 Å². The molecule has 0 spiro atoms. The Bertz CT molecular complexity index is 871. The minimum Gasteiger partial charge on any atom is -0.484 e. The maximum atomic E-state index is 12.1. The summed E-state index contributed by atoms with van der Waals surface area (Å²) in [5.74, 6) is -1.36. The van der Waals surface area contributed by atoms with Gasteiger partial charge in [-0.2, -0.15) is 5.10 Å². The van der Waals surface area contributed by atoms with Crippen LogP contribution in [0.1, 0.15) is 16.7 Å². The fourth-order valence-corrected chi connectivity index (χ4v) is 2.32. The molecule has 0 saturated carbocycles. The SMILES string of the molecule is CNC(=O)C(=O)N/N=C\c1ccc(OCC(=O)Nc2c(C)cccc2C)cc1. The number of carbonyl (C=O) groups is 3. The number of ether oxygens (including phenoxy) is 1. The zero-order chi connectivity index (χ0) is 20.5. The number of rotatable bonds is 6. The normalized spacial score (nSPS) is 10.4. The maximum Gasteiger partial charge on any atom is 0.329 e. The highest BCUT2D eigenvalue weighted by molar-refractivity contribution is 6.34. The lowest BCUT2D eigenvalue weighted by Crippen LogP contribution is -2.35. The fourth-order valence-electron chi connectivity index (χ4n) is 2.32. The van der Waals surface area contributed by atoms with Gasteiger partial charge < -0.3 is 15.4 Å². The van der Waals surface area contributed by atoms with Gasteiger partial charge in [-0.1, -0.05) is 18.2 Å². The highest BCUT2D eigenvalue weighted by atomic mass is 16.5. The van der Waals surface area contributed by atoms with Crippen molar-refractivity contribution in [2.45, 2.75) is 13.8 Å². The summed E-state index contributed by atoms with van der Waals surface area (Å²) in [6.45, 7) is 3.74. The van der Waals surface area contributed by atoms with Crippen molar-refractivity contribution in [3.8, 4) is 5.75 Å². The standard InChI is InChI=1S/C20H22N4O4/c1-13-5-4-6-14(2)18(13)23-17(25)12-28-16-9-7-15(8-10-16)11-22-24-20(27)19(26)21-3/h4-11H,12H2,1-3H3,(H,21,26)(H,23,25)(H,24,27)/b22-11-. The molecule has 0 fully saturated rings. The second kappa shape index (κ2) is 9.86. The molecule has 0 aliphatic heterocycles. The Morgan fingerprint density at radius 1 is 1.00 bits per heavy atom. The quantitative estimate of drug-likeness (QED) is 0.400. The van der Waals surface area contributed by atoms with Crippen LogP contribution in [0.25, 0.3) is 0 Å². The van der Waals surface area contributed by atoms with Gasteiger partial charge in [0.15, 0.2) is 6.61 Å². The van der Waals surface area contributed by atoms with Crippen LogP contribution < -0.4 is 20.8 Å². The number of benzene rings is 2. The highest BCUT2D eigenvalue weighted by Crippen LogP contribution is 2.19. The van der Waals surface area contributed by atoms with Gasteiger partial charge >= 0.3 is 11.8 Å². The molecule has 28 heavy (non-hydrogen) atoms. The van der Waals surface area contributed by atoms with E-state index in [0.29, 0.717) is 11.3 Å². The molecule has 0 aliphatic rings. The van der Waals surface area contributed by atoms with Gasteiger partial charge in [0, 0.05) is 12.7 Å². The van der Waals surface area contributed by atoms with Crippen LogP contribution in [0.2, 0.25) is 0 Å². The van der Waals surface area contributed by atoms with Crippen LogP contribution in [-0.4, -0.2) is 37.6 Å². The molecular formula is C20H22N4O4. The molecule has 0 atom stereocenters. The third kappa shape index (κ3) is 5.94. The Kier molecular flexibility index (Phi) is 7.27. The molecule has 0 aliphatic carbocycles. The zero-order valence-electron chi connectivity index (χ0n) is 15.9. The molecule has 0 aromatic heterocycles. The second-order valence-electron chi connectivity index (χ2n) is 5.95. The molecule has 0 unspecified atom stereocenters. The monoisotopic (exact) mass is 382 g/mol. The lowest BCUT2D eigenvalue weighted by molar-refractivity contribution is -0.138. The summed E-state index contributed by atoms with van der Waals surface area (Å²) < 4.78 is 5.48. The number of nitrogens with zero attached hydrogens (tertiary/aromatic N) is 1. The Hall–Kier alpha value is -3.68. The summed E-state index contributed by atoms with van der Waals surface area (Å²) in [5.41, 5.74) is 5.55. The summed E-state index contributed by atoms with van der Waals surface area (Å²) in [6.07, 6.45) is 1.39. The van der Waals surface area contributed by atoms with Gasteiger partial charge in [0.1, 0.15) is 5.75 Å². The minimum atomic E-state index is -0.853. The van der Waals surface area contributed by atoms with E-state index in [9.17, 15) is 14.4 Å². The van der Waals surface area contributed by atoms with Crippen molar-refractivity contribution in [2.75, 3.05) is 19.0 Å². The van der Waals surface area contributed by atoms with Gasteiger partial charge in [0.2, 0.25) is 0 Å². The first-order valence-corrected chi connectivity index (χ1v) is 8.54. The summed E-state index contributed by atoms with van der Waals surface area (Å²) in [6, 6.07) is 12.6. The summed E-state index contributed by atoms with van der Waals surface area (Å²) in [4.78, 5) is 34.4. The molecule has 2 aromatic carbocycles. The lowest BCUT2D eigenvalue weighted by atomic mass is 10.1. The smallest absolute Gasteiger partial charge is 0.329 e. The molecule has 0 saturated heterocycles.